The van der Waals surface area contributed by atoms with E-state index in [2.05, 4.69) is 5.32 Å². The van der Waals surface area contributed by atoms with E-state index in [-0.39, 0.29) is 11.6 Å². The van der Waals surface area contributed by atoms with Crippen LogP contribution in [0, 0.1) is 5.82 Å². The van der Waals surface area contributed by atoms with Gasteiger partial charge in [0.05, 0.1) is 10.0 Å². The number of rotatable bonds is 5. The molecule has 1 fully saturated rings. The third-order valence-electron chi connectivity index (χ3n) is 4.80. The first kappa shape index (κ1) is 21.1. The van der Waals surface area contributed by atoms with E-state index in [0.29, 0.717) is 16.1 Å². The summed E-state index contributed by atoms with van der Waals surface area (Å²) in [6, 6.07) is 9.80. The topological polar surface area (TPSA) is 69.7 Å². The summed E-state index contributed by atoms with van der Waals surface area (Å²) in [7, 11) is 1.52. The van der Waals surface area contributed by atoms with Crippen LogP contribution in [0.15, 0.2) is 42.5 Å². The molecule has 29 heavy (non-hydrogen) atoms. The molecule has 4 amide bonds. The Morgan fingerprint density at radius 1 is 1.17 bits per heavy atom. The molecular weight excluding hydrogens is 420 g/mol. The predicted molar refractivity (Wildman–Crippen MR) is 107 cm³/mol. The van der Waals surface area contributed by atoms with Crippen LogP contribution >= 0.6 is 23.2 Å². The van der Waals surface area contributed by atoms with Gasteiger partial charge in [-0.1, -0.05) is 41.4 Å². The van der Waals surface area contributed by atoms with Crippen LogP contribution in [-0.4, -0.2) is 41.2 Å². The lowest BCUT2D eigenvalue weighted by Crippen LogP contribution is -2.43. The van der Waals surface area contributed by atoms with E-state index < -0.39 is 35.7 Å². The molecule has 2 aromatic rings. The lowest BCUT2D eigenvalue weighted by Gasteiger charge is -2.23. The fourth-order valence-electron chi connectivity index (χ4n) is 3.10. The van der Waals surface area contributed by atoms with Gasteiger partial charge in [0.2, 0.25) is 5.91 Å². The Morgan fingerprint density at radius 3 is 2.55 bits per heavy atom. The van der Waals surface area contributed by atoms with Gasteiger partial charge in [0.25, 0.3) is 5.91 Å². The lowest BCUT2D eigenvalue weighted by molar-refractivity contribution is -0.138. The maximum Gasteiger partial charge on any atom is 0.325 e. The highest BCUT2D eigenvalue weighted by Gasteiger charge is 2.49. The van der Waals surface area contributed by atoms with Crippen LogP contribution < -0.4 is 5.32 Å². The molecule has 1 saturated heterocycles. The molecule has 9 heteroatoms. The van der Waals surface area contributed by atoms with Crippen LogP contribution in [-0.2, 0) is 21.7 Å². The lowest BCUT2D eigenvalue weighted by atomic mass is 9.92. The molecule has 1 N–H and O–H groups in total. The molecule has 0 spiro atoms. The van der Waals surface area contributed by atoms with Gasteiger partial charge in [-0.2, -0.15) is 0 Å². The van der Waals surface area contributed by atoms with Crippen molar-refractivity contribution >= 4 is 41.0 Å². The number of hydrogen-bond donors (Lipinski definition) is 1. The Bertz CT molecular complexity index is 1000. The number of likely N-dealkylation sites (N-methyl/N-ethyl adjacent to an activating group) is 1. The number of carbonyl (C=O) groups is 3. The molecule has 2 aromatic carbocycles. The fraction of sp³-hybridized carbons (Fsp3) is 0.250. The van der Waals surface area contributed by atoms with Gasteiger partial charge in [-0.3, -0.25) is 14.5 Å². The van der Waals surface area contributed by atoms with Crippen molar-refractivity contribution in [2.75, 3.05) is 13.6 Å². The second-order valence-electron chi connectivity index (χ2n) is 6.96. The zero-order valence-electron chi connectivity index (χ0n) is 15.7. The van der Waals surface area contributed by atoms with E-state index in [0.717, 1.165) is 4.90 Å². The summed E-state index contributed by atoms with van der Waals surface area (Å²) in [5, 5.41) is 3.18. The molecule has 1 aliphatic heterocycles. The monoisotopic (exact) mass is 437 g/mol. The molecule has 3 rings (SSSR count). The summed E-state index contributed by atoms with van der Waals surface area (Å²) in [4.78, 5) is 40.1. The molecule has 0 bridgehead atoms. The van der Waals surface area contributed by atoms with E-state index in [4.69, 9.17) is 23.2 Å². The van der Waals surface area contributed by atoms with Gasteiger partial charge in [0.15, 0.2) is 0 Å². The maximum absolute atomic E-state index is 13.3. The molecule has 1 unspecified atom stereocenters. The van der Waals surface area contributed by atoms with Crippen LogP contribution in [0.5, 0.6) is 0 Å². The van der Waals surface area contributed by atoms with Crippen LogP contribution in [0.1, 0.15) is 18.1 Å². The quantitative estimate of drug-likeness (QED) is 0.726. The number of urea groups is 1. The molecule has 6 nitrogen and oxygen atoms in total. The highest BCUT2D eigenvalue weighted by Crippen LogP contribution is 2.33. The average molecular weight is 438 g/mol. The number of imide groups is 1. The fourth-order valence-corrected chi connectivity index (χ4v) is 3.39. The zero-order valence-corrected chi connectivity index (χ0v) is 17.2. The Balaban J connectivity index is 1.74. The number of benzene rings is 2. The Labute approximate surface area is 177 Å². The van der Waals surface area contributed by atoms with Crippen LogP contribution in [0.2, 0.25) is 10.0 Å². The number of hydrogen-bond acceptors (Lipinski definition) is 3. The summed E-state index contributed by atoms with van der Waals surface area (Å²) >= 11 is 11.9. The second kappa shape index (κ2) is 8.00. The predicted octanol–water partition coefficient (Wildman–Crippen LogP) is 3.56. The van der Waals surface area contributed by atoms with E-state index in [9.17, 15) is 18.8 Å². The van der Waals surface area contributed by atoms with E-state index in [1.165, 1.54) is 43.1 Å². The molecule has 0 aromatic heterocycles. The molecule has 0 saturated carbocycles. The number of carbonyl (C=O) groups excluding carboxylic acids is 3. The molecule has 1 atom stereocenters. The minimum atomic E-state index is -1.37. The van der Waals surface area contributed by atoms with Gasteiger partial charge in [0.1, 0.15) is 17.9 Å². The normalized spacial score (nSPS) is 18.7. The van der Waals surface area contributed by atoms with Crippen molar-refractivity contribution in [2.45, 2.75) is 19.0 Å². The molecule has 152 valence electrons. The van der Waals surface area contributed by atoms with E-state index >= 15 is 0 Å². The van der Waals surface area contributed by atoms with Crippen molar-refractivity contribution in [2.24, 2.45) is 0 Å². The number of halogens is 3. The Kier molecular flexibility index (Phi) is 5.82. The minimum Gasteiger partial charge on any atom is -0.340 e. The van der Waals surface area contributed by atoms with Crippen molar-refractivity contribution in [3.63, 3.8) is 0 Å². The largest absolute Gasteiger partial charge is 0.340 e. The van der Waals surface area contributed by atoms with Gasteiger partial charge in [-0.15, -0.1) is 0 Å². The first-order valence-corrected chi connectivity index (χ1v) is 9.45. The number of nitrogens with one attached hydrogen (secondary N) is 1. The smallest absolute Gasteiger partial charge is 0.325 e. The molecule has 1 heterocycles. The van der Waals surface area contributed by atoms with Crippen molar-refractivity contribution in [1.29, 1.82) is 0 Å². The minimum absolute atomic E-state index is 0.143. The first-order chi connectivity index (χ1) is 13.6. The first-order valence-electron chi connectivity index (χ1n) is 8.70. The van der Waals surface area contributed by atoms with E-state index in [1.54, 1.807) is 18.2 Å². The van der Waals surface area contributed by atoms with Gasteiger partial charge in [-0.05, 0) is 42.3 Å². The highest BCUT2D eigenvalue weighted by molar-refractivity contribution is 6.42. The van der Waals surface area contributed by atoms with Crippen molar-refractivity contribution < 1.29 is 18.8 Å². The SMILES string of the molecule is CN(Cc1cccc(F)c1)C(=O)CN1C(=O)NC(C)(c2ccc(Cl)c(Cl)c2)C1=O. The van der Waals surface area contributed by atoms with Crippen molar-refractivity contribution in [3.8, 4) is 0 Å². The van der Waals surface area contributed by atoms with Gasteiger partial charge in [-0.25, -0.2) is 9.18 Å². The van der Waals surface area contributed by atoms with E-state index in [1.807, 2.05) is 0 Å². The summed E-state index contributed by atoms with van der Waals surface area (Å²) < 4.78 is 13.3. The zero-order chi connectivity index (χ0) is 21.3. The van der Waals surface area contributed by atoms with Crippen molar-refractivity contribution in [3.05, 3.63) is 69.5 Å². The van der Waals surface area contributed by atoms with Gasteiger partial charge >= 0.3 is 6.03 Å². The average Bonchev–Trinajstić information content (AvgIpc) is 2.88. The Hall–Kier alpha value is -2.64. The third kappa shape index (κ3) is 4.21. The van der Waals surface area contributed by atoms with Gasteiger partial charge in [0, 0.05) is 13.6 Å². The molecular formula is C20H18Cl2FN3O3. The van der Waals surface area contributed by atoms with Gasteiger partial charge < -0.3 is 10.2 Å². The van der Waals surface area contributed by atoms with Crippen LogP contribution in [0.25, 0.3) is 0 Å². The summed E-state index contributed by atoms with van der Waals surface area (Å²) in [6.07, 6.45) is 0. The van der Waals surface area contributed by atoms with Crippen LogP contribution in [0.4, 0.5) is 9.18 Å². The second-order valence-corrected chi connectivity index (χ2v) is 7.77. The van der Waals surface area contributed by atoms with Crippen molar-refractivity contribution in [1.82, 2.24) is 15.1 Å². The molecule has 0 aliphatic carbocycles. The standard InChI is InChI=1S/C20H18Cl2FN3O3/c1-20(13-6-7-15(21)16(22)9-13)18(28)26(19(29)24-20)11-17(27)25(2)10-12-4-3-5-14(23)8-12/h3-9H,10-11H2,1-2H3,(H,24,29). The maximum atomic E-state index is 13.3. The number of amides is 4. The molecule has 1 aliphatic rings. The van der Waals surface area contributed by atoms with Crippen LogP contribution in [0.3, 0.4) is 0 Å². The highest BCUT2D eigenvalue weighted by atomic mass is 35.5. The molecule has 0 radical (unpaired) electrons. The summed E-state index contributed by atoms with van der Waals surface area (Å²) in [6.45, 7) is 1.24. The summed E-state index contributed by atoms with van der Waals surface area (Å²) in [5.41, 5.74) is -0.320. The Morgan fingerprint density at radius 2 is 1.90 bits per heavy atom. The summed E-state index contributed by atoms with van der Waals surface area (Å²) in [5.74, 6) is -1.45. The third-order valence-corrected chi connectivity index (χ3v) is 5.54. The number of nitrogens with zero attached hydrogens (tertiary/aromatic N) is 2.